The van der Waals surface area contributed by atoms with Gasteiger partial charge in [0, 0.05) is 41.2 Å². The highest BCUT2D eigenvalue weighted by Gasteiger charge is 2.20. The number of rotatable bonds is 6. The van der Waals surface area contributed by atoms with Gasteiger partial charge in [0.15, 0.2) is 0 Å². The first-order valence-corrected chi connectivity index (χ1v) is 11.0. The van der Waals surface area contributed by atoms with Crippen molar-refractivity contribution < 1.29 is 13.2 Å². The first-order valence-electron chi connectivity index (χ1n) is 11.0. The highest BCUT2D eigenvalue weighted by atomic mass is 19.3. The van der Waals surface area contributed by atoms with E-state index in [-0.39, 0.29) is 23.1 Å². The molecular formula is C27H26F3N3O. The zero-order valence-electron chi connectivity index (χ0n) is 19.5. The van der Waals surface area contributed by atoms with E-state index in [2.05, 4.69) is 4.98 Å². The van der Waals surface area contributed by atoms with Crippen LogP contribution in [-0.2, 0) is 6.42 Å². The fraction of sp³-hybridized carbons (Fsp3) is 0.259. The van der Waals surface area contributed by atoms with Gasteiger partial charge in [-0.15, -0.1) is 0 Å². The number of benzene rings is 2. The van der Waals surface area contributed by atoms with Crippen molar-refractivity contribution in [1.29, 1.82) is 0 Å². The Morgan fingerprint density at radius 1 is 1.00 bits per heavy atom. The highest BCUT2D eigenvalue weighted by Crippen LogP contribution is 2.25. The van der Waals surface area contributed by atoms with Gasteiger partial charge >= 0.3 is 0 Å². The van der Waals surface area contributed by atoms with Gasteiger partial charge in [0.25, 0.3) is 12.0 Å². The molecule has 0 aliphatic heterocycles. The van der Waals surface area contributed by atoms with Crippen LogP contribution in [0, 0.1) is 26.6 Å². The summed E-state index contributed by atoms with van der Waals surface area (Å²) in [6, 6.07) is 11.0. The molecule has 0 saturated heterocycles. The molecule has 2 aromatic heterocycles. The van der Waals surface area contributed by atoms with Crippen molar-refractivity contribution >= 4 is 0 Å². The van der Waals surface area contributed by atoms with Crippen molar-refractivity contribution in [2.75, 3.05) is 0 Å². The van der Waals surface area contributed by atoms with E-state index in [0.717, 1.165) is 34.3 Å². The second kappa shape index (κ2) is 9.33. The average Bonchev–Trinajstić information content (AvgIpc) is 3.20. The second-order valence-electron chi connectivity index (χ2n) is 8.73. The summed E-state index contributed by atoms with van der Waals surface area (Å²) < 4.78 is 45.1. The lowest BCUT2D eigenvalue weighted by Gasteiger charge is -2.19. The van der Waals surface area contributed by atoms with Gasteiger partial charge in [-0.2, -0.15) is 0 Å². The van der Waals surface area contributed by atoms with Crippen LogP contribution < -0.4 is 5.56 Å². The number of hydrogen-bond acceptors (Lipinski definition) is 2. The molecule has 4 rings (SSSR count). The molecule has 4 nitrogen and oxygen atoms in total. The van der Waals surface area contributed by atoms with Crippen LogP contribution in [0.15, 0.2) is 66.0 Å². The van der Waals surface area contributed by atoms with Gasteiger partial charge in [-0.25, -0.2) is 18.2 Å². The summed E-state index contributed by atoms with van der Waals surface area (Å²) in [5.74, 6) is -0.468. The number of pyridine rings is 1. The summed E-state index contributed by atoms with van der Waals surface area (Å²) in [6.07, 6.45) is 2.21. The smallest absolute Gasteiger partial charge is 0.265 e. The Bertz CT molecular complexity index is 1400. The Labute approximate surface area is 196 Å². The van der Waals surface area contributed by atoms with Gasteiger partial charge in [0.2, 0.25) is 0 Å². The third-order valence-electron chi connectivity index (χ3n) is 6.06. The van der Waals surface area contributed by atoms with Crippen molar-refractivity contribution in [1.82, 2.24) is 14.1 Å². The van der Waals surface area contributed by atoms with Crippen LogP contribution in [0.4, 0.5) is 13.2 Å². The Kier molecular flexibility index (Phi) is 6.46. The standard InChI is InChI=1S/C27H26F3N3O/c1-16-5-7-23(24(28)9-16)19(4)33-14-22(26(29)30)12-21(27(33)34)11-20-6-8-25(17(2)10-20)32-13-18(3)31-15-32/h5-10,12-15,19,26H,11H2,1-4H3/t19-/m0/s1. The second-order valence-corrected chi connectivity index (χ2v) is 8.73. The largest absolute Gasteiger partial charge is 0.307 e. The quantitative estimate of drug-likeness (QED) is 0.338. The lowest BCUT2D eigenvalue weighted by atomic mass is 10.0. The minimum Gasteiger partial charge on any atom is -0.307 e. The van der Waals surface area contributed by atoms with E-state index >= 15 is 0 Å². The Morgan fingerprint density at radius 3 is 2.38 bits per heavy atom. The number of alkyl halides is 2. The molecule has 0 fully saturated rings. The fourth-order valence-corrected chi connectivity index (χ4v) is 4.23. The predicted octanol–water partition coefficient (Wildman–Crippen LogP) is 6.24. The van der Waals surface area contributed by atoms with E-state index in [1.165, 1.54) is 16.7 Å². The molecule has 2 heterocycles. The normalized spacial score (nSPS) is 12.4. The van der Waals surface area contributed by atoms with Crippen molar-refractivity contribution in [3.05, 3.63) is 116 Å². The minimum atomic E-state index is -2.76. The van der Waals surface area contributed by atoms with E-state index in [4.69, 9.17) is 0 Å². The molecule has 176 valence electrons. The van der Waals surface area contributed by atoms with Gasteiger partial charge in [-0.3, -0.25) is 4.79 Å². The summed E-state index contributed by atoms with van der Waals surface area (Å²) in [7, 11) is 0. The maximum absolute atomic E-state index is 14.6. The number of nitrogens with zero attached hydrogens (tertiary/aromatic N) is 3. The Morgan fingerprint density at radius 2 is 1.76 bits per heavy atom. The molecule has 0 aliphatic rings. The third kappa shape index (κ3) is 4.69. The third-order valence-corrected chi connectivity index (χ3v) is 6.06. The molecule has 0 amide bonds. The summed E-state index contributed by atoms with van der Waals surface area (Å²) in [5.41, 5.74) is 4.22. The number of halogens is 3. The first-order chi connectivity index (χ1) is 16.1. The minimum absolute atomic E-state index is 0.187. The number of aryl methyl sites for hydroxylation is 3. The summed E-state index contributed by atoms with van der Waals surface area (Å²) in [6.45, 7) is 7.26. The topological polar surface area (TPSA) is 39.8 Å². The van der Waals surface area contributed by atoms with Gasteiger partial charge in [-0.05, 0) is 62.6 Å². The van der Waals surface area contributed by atoms with Crippen molar-refractivity contribution in [2.45, 2.75) is 46.6 Å². The molecule has 34 heavy (non-hydrogen) atoms. The van der Waals surface area contributed by atoms with Crippen LogP contribution in [0.1, 0.15) is 58.5 Å². The highest BCUT2D eigenvalue weighted by molar-refractivity contribution is 5.44. The molecule has 1 atom stereocenters. The van der Waals surface area contributed by atoms with Crippen LogP contribution in [0.3, 0.4) is 0 Å². The zero-order valence-corrected chi connectivity index (χ0v) is 19.5. The molecule has 2 aromatic carbocycles. The van der Waals surface area contributed by atoms with E-state index in [1.807, 2.05) is 42.8 Å². The van der Waals surface area contributed by atoms with Crippen LogP contribution >= 0.6 is 0 Å². The first kappa shape index (κ1) is 23.5. The van der Waals surface area contributed by atoms with Crippen LogP contribution in [0.2, 0.25) is 0 Å². The lowest BCUT2D eigenvalue weighted by Crippen LogP contribution is -2.28. The SMILES string of the molecule is Cc1ccc([C@H](C)n2cc(C(F)F)cc(Cc3ccc(-n4cnc(C)c4)c(C)c3)c2=O)c(F)c1. The van der Waals surface area contributed by atoms with Crippen molar-refractivity contribution in [3.63, 3.8) is 0 Å². The lowest BCUT2D eigenvalue weighted by molar-refractivity contribution is 0.150. The molecule has 4 aromatic rings. The number of hydrogen-bond donors (Lipinski definition) is 0. The summed E-state index contributed by atoms with van der Waals surface area (Å²) in [5, 5.41) is 0. The van der Waals surface area contributed by atoms with Crippen LogP contribution in [-0.4, -0.2) is 14.1 Å². The fourth-order valence-electron chi connectivity index (χ4n) is 4.23. The van der Waals surface area contributed by atoms with E-state index < -0.39 is 23.8 Å². The average molecular weight is 466 g/mol. The van der Waals surface area contributed by atoms with Gasteiger partial charge in [0.1, 0.15) is 5.82 Å². The molecule has 0 radical (unpaired) electrons. The molecule has 7 heteroatoms. The number of aromatic nitrogens is 3. The van der Waals surface area contributed by atoms with Gasteiger partial charge < -0.3 is 9.13 Å². The van der Waals surface area contributed by atoms with E-state index in [0.29, 0.717) is 0 Å². The molecular weight excluding hydrogens is 439 g/mol. The monoisotopic (exact) mass is 465 g/mol. The van der Waals surface area contributed by atoms with Crippen LogP contribution in [0.25, 0.3) is 5.69 Å². The van der Waals surface area contributed by atoms with E-state index in [1.54, 1.807) is 32.3 Å². The molecule has 0 N–H and O–H groups in total. The molecule has 0 bridgehead atoms. The zero-order chi connectivity index (χ0) is 24.6. The molecule has 0 saturated carbocycles. The summed E-state index contributed by atoms with van der Waals surface area (Å²) >= 11 is 0. The molecule has 0 spiro atoms. The van der Waals surface area contributed by atoms with Crippen molar-refractivity contribution in [2.24, 2.45) is 0 Å². The Hall–Kier alpha value is -3.61. The van der Waals surface area contributed by atoms with Gasteiger partial charge in [0.05, 0.1) is 18.1 Å². The van der Waals surface area contributed by atoms with E-state index in [9.17, 15) is 18.0 Å². The Balaban J connectivity index is 1.73. The summed E-state index contributed by atoms with van der Waals surface area (Å²) in [4.78, 5) is 17.5. The van der Waals surface area contributed by atoms with Crippen molar-refractivity contribution in [3.8, 4) is 5.69 Å². The predicted molar refractivity (Wildman–Crippen MR) is 126 cm³/mol. The van der Waals surface area contributed by atoms with Crippen LogP contribution in [0.5, 0.6) is 0 Å². The molecule has 0 unspecified atom stereocenters. The maximum atomic E-state index is 14.6. The number of imidazole rings is 1. The van der Waals surface area contributed by atoms with Gasteiger partial charge in [-0.1, -0.05) is 24.3 Å². The maximum Gasteiger partial charge on any atom is 0.265 e. The molecule has 0 aliphatic carbocycles.